The first-order valence-corrected chi connectivity index (χ1v) is 5.12. The molecular formula is C10H14N4O2. The summed E-state index contributed by atoms with van der Waals surface area (Å²) < 4.78 is 4.72. The van der Waals surface area contributed by atoms with Gasteiger partial charge in [0.15, 0.2) is 0 Å². The standard InChI is InChI=1S/C10H14N4O2/c1-16-9(15)7-3-5-14(6-7)8-2-4-12-10(11)13-8/h2,4,7H,3,5-6H2,1H3,(H2,11,12,13). The van der Waals surface area contributed by atoms with Crippen molar-refractivity contribution in [2.24, 2.45) is 5.92 Å². The van der Waals surface area contributed by atoms with Gasteiger partial charge in [-0.1, -0.05) is 0 Å². The molecule has 2 heterocycles. The van der Waals surface area contributed by atoms with Crippen molar-refractivity contribution in [3.05, 3.63) is 12.3 Å². The zero-order valence-electron chi connectivity index (χ0n) is 9.09. The summed E-state index contributed by atoms with van der Waals surface area (Å²) in [7, 11) is 1.41. The number of esters is 1. The first kappa shape index (κ1) is 10.7. The van der Waals surface area contributed by atoms with Crippen molar-refractivity contribution in [3.8, 4) is 0 Å². The van der Waals surface area contributed by atoms with Crippen LogP contribution in [0.4, 0.5) is 11.8 Å². The predicted molar refractivity (Wildman–Crippen MR) is 58.8 cm³/mol. The van der Waals surface area contributed by atoms with Crippen molar-refractivity contribution in [1.29, 1.82) is 0 Å². The molecule has 1 saturated heterocycles. The Kier molecular flexibility index (Phi) is 2.89. The van der Waals surface area contributed by atoms with Gasteiger partial charge in [0.25, 0.3) is 0 Å². The van der Waals surface area contributed by atoms with Crippen LogP contribution in [-0.2, 0) is 9.53 Å². The van der Waals surface area contributed by atoms with Crippen LogP contribution in [0.2, 0.25) is 0 Å². The van der Waals surface area contributed by atoms with Gasteiger partial charge >= 0.3 is 5.97 Å². The number of hydrogen-bond acceptors (Lipinski definition) is 6. The zero-order chi connectivity index (χ0) is 11.5. The van der Waals surface area contributed by atoms with E-state index in [9.17, 15) is 4.79 Å². The lowest BCUT2D eigenvalue weighted by Crippen LogP contribution is -2.24. The molecule has 1 aromatic heterocycles. The third-order valence-corrected chi connectivity index (χ3v) is 2.71. The molecule has 6 nitrogen and oxygen atoms in total. The van der Waals surface area contributed by atoms with Gasteiger partial charge in [-0.25, -0.2) is 4.98 Å². The number of ether oxygens (including phenoxy) is 1. The second-order valence-corrected chi connectivity index (χ2v) is 3.73. The molecule has 1 aliphatic heterocycles. The molecule has 1 aromatic rings. The molecule has 1 aliphatic rings. The summed E-state index contributed by atoms with van der Waals surface area (Å²) >= 11 is 0. The molecule has 2 N–H and O–H groups in total. The van der Waals surface area contributed by atoms with Crippen LogP contribution in [0.15, 0.2) is 12.3 Å². The van der Waals surface area contributed by atoms with Gasteiger partial charge in [-0.05, 0) is 12.5 Å². The summed E-state index contributed by atoms with van der Waals surface area (Å²) in [5.41, 5.74) is 5.51. The van der Waals surface area contributed by atoms with E-state index in [1.54, 1.807) is 12.3 Å². The number of aromatic nitrogens is 2. The van der Waals surface area contributed by atoms with Gasteiger partial charge in [0.2, 0.25) is 5.95 Å². The Bertz CT molecular complexity index is 396. The summed E-state index contributed by atoms with van der Waals surface area (Å²) in [5.74, 6) is 0.781. The first-order valence-electron chi connectivity index (χ1n) is 5.12. The Balaban J connectivity index is 2.06. The third kappa shape index (κ3) is 2.05. The molecular weight excluding hydrogens is 208 g/mol. The number of methoxy groups -OCH3 is 1. The minimum atomic E-state index is -0.162. The average molecular weight is 222 g/mol. The monoisotopic (exact) mass is 222 g/mol. The van der Waals surface area contributed by atoms with Crippen molar-refractivity contribution in [2.45, 2.75) is 6.42 Å². The van der Waals surface area contributed by atoms with Gasteiger partial charge in [-0.15, -0.1) is 0 Å². The minimum Gasteiger partial charge on any atom is -0.469 e. The van der Waals surface area contributed by atoms with Crippen LogP contribution in [0.5, 0.6) is 0 Å². The smallest absolute Gasteiger partial charge is 0.310 e. The van der Waals surface area contributed by atoms with E-state index in [0.29, 0.717) is 6.54 Å². The summed E-state index contributed by atoms with van der Waals surface area (Å²) in [6.07, 6.45) is 2.40. The van der Waals surface area contributed by atoms with Crippen molar-refractivity contribution in [1.82, 2.24) is 9.97 Å². The molecule has 0 saturated carbocycles. The van der Waals surface area contributed by atoms with Gasteiger partial charge in [0.05, 0.1) is 13.0 Å². The van der Waals surface area contributed by atoms with E-state index in [2.05, 4.69) is 9.97 Å². The zero-order valence-corrected chi connectivity index (χ0v) is 9.09. The van der Waals surface area contributed by atoms with Crippen LogP contribution in [-0.4, -0.2) is 36.1 Å². The van der Waals surface area contributed by atoms with Crippen LogP contribution in [0, 0.1) is 5.92 Å². The highest BCUT2D eigenvalue weighted by Crippen LogP contribution is 2.22. The molecule has 16 heavy (non-hydrogen) atoms. The van der Waals surface area contributed by atoms with Crippen molar-refractivity contribution < 1.29 is 9.53 Å². The number of hydrogen-bond donors (Lipinski definition) is 1. The fourth-order valence-electron chi connectivity index (χ4n) is 1.87. The Morgan fingerprint density at radius 1 is 1.69 bits per heavy atom. The minimum absolute atomic E-state index is 0.0683. The van der Waals surface area contributed by atoms with Crippen molar-refractivity contribution >= 4 is 17.7 Å². The lowest BCUT2D eigenvalue weighted by atomic mass is 10.1. The average Bonchev–Trinajstić information content (AvgIpc) is 2.77. The molecule has 1 unspecified atom stereocenters. The maximum Gasteiger partial charge on any atom is 0.310 e. The highest BCUT2D eigenvalue weighted by atomic mass is 16.5. The van der Waals surface area contributed by atoms with E-state index in [-0.39, 0.29) is 17.8 Å². The molecule has 0 aromatic carbocycles. The molecule has 2 rings (SSSR count). The van der Waals surface area contributed by atoms with Crippen LogP contribution < -0.4 is 10.6 Å². The molecule has 1 fully saturated rings. The van der Waals surface area contributed by atoms with Crippen LogP contribution in [0.1, 0.15) is 6.42 Å². The maximum atomic E-state index is 11.4. The summed E-state index contributed by atoms with van der Waals surface area (Å²) in [5, 5.41) is 0. The largest absolute Gasteiger partial charge is 0.469 e. The third-order valence-electron chi connectivity index (χ3n) is 2.71. The Hall–Kier alpha value is -1.85. The molecule has 0 spiro atoms. The molecule has 6 heteroatoms. The SMILES string of the molecule is COC(=O)C1CCN(c2ccnc(N)n2)C1. The second-order valence-electron chi connectivity index (χ2n) is 3.73. The first-order chi connectivity index (χ1) is 7.70. The fraction of sp³-hybridized carbons (Fsp3) is 0.500. The number of nitrogens with two attached hydrogens (primary N) is 1. The normalized spacial score (nSPS) is 19.8. The van der Waals surface area contributed by atoms with Crippen LogP contribution >= 0.6 is 0 Å². The molecule has 0 amide bonds. The highest BCUT2D eigenvalue weighted by Gasteiger charge is 2.29. The number of carbonyl (C=O) groups excluding carboxylic acids is 1. The van der Waals surface area contributed by atoms with E-state index in [1.807, 2.05) is 4.90 Å². The maximum absolute atomic E-state index is 11.4. The number of nitrogen functional groups attached to an aromatic ring is 1. The number of rotatable bonds is 2. The molecule has 0 radical (unpaired) electrons. The Morgan fingerprint density at radius 2 is 2.50 bits per heavy atom. The summed E-state index contributed by atoms with van der Waals surface area (Å²) in [4.78, 5) is 21.3. The fourth-order valence-corrected chi connectivity index (χ4v) is 1.87. The van der Waals surface area contributed by atoms with E-state index in [0.717, 1.165) is 18.8 Å². The van der Waals surface area contributed by atoms with Gasteiger partial charge in [-0.2, -0.15) is 4.98 Å². The highest BCUT2D eigenvalue weighted by molar-refractivity contribution is 5.74. The Morgan fingerprint density at radius 3 is 3.19 bits per heavy atom. The second kappa shape index (κ2) is 4.34. The lowest BCUT2D eigenvalue weighted by Gasteiger charge is -2.16. The van der Waals surface area contributed by atoms with E-state index in [1.165, 1.54) is 7.11 Å². The quantitative estimate of drug-likeness (QED) is 0.712. The van der Waals surface area contributed by atoms with Gasteiger partial charge in [0, 0.05) is 19.3 Å². The number of anilines is 2. The van der Waals surface area contributed by atoms with Gasteiger partial charge in [0.1, 0.15) is 5.82 Å². The van der Waals surface area contributed by atoms with Crippen molar-refractivity contribution in [3.63, 3.8) is 0 Å². The van der Waals surface area contributed by atoms with Crippen LogP contribution in [0.25, 0.3) is 0 Å². The number of nitrogens with zero attached hydrogens (tertiary/aromatic N) is 3. The molecule has 1 atom stereocenters. The van der Waals surface area contributed by atoms with E-state index < -0.39 is 0 Å². The Labute approximate surface area is 93.4 Å². The topological polar surface area (TPSA) is 81.3 Å². The summed E-state index contributed by atoms with van der Waals surface area (Å²) in [6.45, 7) is 1.42. The predicted octanol–water partition coefficient (Wildman–Crippen LogP) is 0.0581. The molecule has 86 valence electrons. The van der Waals surface area contributed by atoms with E-state index in [4.69, 9.17) is 10.5 Å². The van der Waals surface area contributed by atoms with Gasteiger partial charge < -0.3 is 15.4 Å². The number of carbonyl (C=O) groups is 1. The molecule has 0 bridgehead atoms. The lowest BCUT2D eigenvalue weighted by molar-refractivity contribution is -0.144. The van der Waals surface area contributed by atoms with Crippen LogP contribution in [0.3, 0.4) is 0 Å². The van der Waals surface area contributed by atoms with E-state index >= 15 is 0 Å². The van der Waals surface area contributed by atoms with Gasteiger partial charge in [-0.3, -0.25) is 4.79 Å². The summed E-state index contributed by atoms with van der Waals surface area (Å²) in [6, 6.07) is 1.79. The van der Waals surface area contributed by atoms with Crippen molar-refractivity contribution in [2.75, 3.05) is 30.8 Å². The molecule has 0 aliphatic carbocycles.